The highest BCUT2D eigenvalue weighted by Crippen LogP contribution is 2.25. The molecule has 1 unspecified atom stereocenters. The number of nitrogens with one attached hydrogen (secondary N) is 1. The van der Waals surface area contributed by atoms with Crippen LogP contribution in [0.5, 0.6) is 0 Å². The summed E-state index contributed by atoms with van der Waals surface area (Å²) in [4.78, 5) is 23.4. The molecule has 0 saturated heterocycles. The monoisotopic (exact) mass is 317 g/mol. The molecule has 0 bridgehead atoms. The van der Waals surface area contributed by atoms with Crippen LogP contribution in [0.15, 0.2) is 29.2 Å². The number of rotatable bonds is 7. The number of hydrogen-bond donors (Lipinski definition) is 2. The van der Waals surface area contributed by atoms with Crippen molar-refractivity contribution in [2.45, 2.75) is 37.0 Å². The predicted molar refractivity (Wildman–Crippen MR) is 76.6 cm³/mol. The fourth-order valence-corrected chi connectivity index (χ4v) is 2.22. The molecule has 0 fully saturated rings. The molecule has 1 aromatic rings. The Bertz CT molecular complexity index is 491. The number of carboxylic acids is 1. The first-order valence-electron chi connectivity index (χ1n) is 6.38. The van der Waals surface area contributed by atoms with Crippen LogP contribution < -0.4 is 5.32 Å². The van der Waals surface area contributed by atoms with Crippen molar-refractivity contribution in [1.29, 1.82) is 0 Å². The van der Waals surface area contributed by atoms with Crippen LogP contribution in [0.1, 0.15) is 30.6 Å². The number of aliphatic carboxylic acids is 1. The molecule has 0 saturated carbocycles. The highest BCUT2D eigenvalue weighted by atomic mass is 32.2. The second-order valence-corrected chi connectivity index (χ2v) is 5.96. The molecule has 0 aliphatic rings. The Hall–Kier alpha value is -1.63. The van der Waals surface area contributed by atoms with E-state index in [1.54, 1.807) is 0 Å². The van der Waals surface area contributed by atoms with Crippen LogP contribution in [0.2, 0.25) is 0 Å². The number of benzene rings is 1. The van der Waals surface area contributed by atoms with Gasteiger partial charge in [0.05, 0.1) is 0 Å². The third-order valence-corrected chi connectivity index (χ3v) is 3.37. The van der Waals surface area contributed by atoms with E-state index in [4.69, 9.17) is 5.11 Å². The number of carbonyl (C=O) groups excluding carboxylic acids is 1. The van der Waals surface area contributed by atoms with Gasteiger partial charge in [0.2, 0.25) is 0 Å². The molecule has 0 aliphatic heterocycles. The van der Waals surface area contributed by atoms with Gasteiger partial charge in [0.1, 0.15) is 6.04 Å². The summed E-state index contributed by atoms with van der Waals surface area (Å²) in [5.41, 5.74) is 0.239. The Morgan fingerprint density at radius 2 is 1.81 bits per heavy atom. The van der Waals surface area contributed by atoms with E-state index in [0.717, 1.165) is 0 Å². The second kappa shape index (κ2) is 7.97. The lowest BCUT2D eigenvalue weighted by molar-refractivity contribution is -0.139. The van der Waals surface area contributed by atoms with Crippen LogP contribution in [-0.4, -0.2) is 28.8 Å². The van der Waals surface area contributed by atoms with Gasteiger partial charge in [-0.3, -0.25) is 4.79 Å². The first-order chi connectivity index (χ1) is 9.79. The average molecular weight is 317 g/mol. The van der Waals surface area contributed by atoms with Crippen molar-refractivity contribution in [3.8, 4) is 0 Å². The third kappa shape index (κ3) is 6.12. The SMILES string of the molecule is CC(C)CC(NC(=O)c1ccc(SC(F)F)cc1)C(=O)O. The van der Waals surface area contributed by atoms with Gasteiger partial charge in [0.25, 0.3) is 11.7 Å². The average Bonchev–Trinajstić information content (AvgIpc) is 2.37. The Kier molecular flexibility index (Phi) is 6.61. The van der Waals surface area contributed by atoms with Gasteiger partial charge in [0.15, 0.2) is 0 Å². The van der Waals surface area contributed by atoms with E-state index >= 15 is 0 Å². The van der Waals surface area contributed by atoms with E-state index in [0.29, 0.717) is 23.1 Å². The zero-order chi connectivity index (χ0) is 16.0. The van der Waals surface area contributed by atoms with E-state index in [9.17, 15) is 18.4 Å². The van der Waals surface area contributed by atoms with Crippen molar-refractivity contribution in [2.24, 2.45) is 5.92 Å². The minimum Gasteiger partial charge on any atom is -0.480 e. The maximum atomic E-state index is 12.2. The molecule has 1 atom stereocenters. The second-order valence-electron chi connectivity index (χ2n) is 4.90. The molecule has 4 nitrogen and oxygen atoms in total. The molecule has 21 heavy (non-hydrogen) atoms. The van der Waals surface area contributed by atoms with Gasteiger partial charge >= 0.3 is 5.97 Å². The van der Waals surface area contributed by atoms with Crippen molar-refractivity contribution in [3.63, 3.8) is 0 Å². The first kappa shape index (κ1) is 17.4. The molecule has 0 heterocycles. The summed E-state index contributed by atoms with van der Waals surface area (Å²) >= 11 is 0.387. The fraction of sp³-hybridized carbons (Fsp3) is 0.429. The Balaban J connectivity index is 2.71. The summed E-state index contributed by atoms with van der Waals surface area (Å²) in [5.74, 6) is -4.03. The third-order valence-electron chi connectivity index (χ3n) is 2.65. The molecule has 1 aromatic carbocycles. The van der Waals surface area contributed by atoms with Crippen LogP contribution in [0.25, 0.3) is 0 Å². The number of carbonyl (C=O) groups is 2. The summed E-state index contributed by atoms with van der Waals surface area (Å²) in [6, 6.07) is 4.64. The van der Waals surface area contributed by atoms with Crippen LogP contribution >= 0.6 is 11.8 Å². The van der Waals surface area contributed by atoms with Crippen molar-refractivity contribution in [3.05, 3.63) is 29.8 Å². The standard InChI is InChI=1S/C14H17F2NO3S/c1-8(2)7-11(13(19)20)17-12(18)9-3-5-10(6-4-9)21-14(15)16/h3-6,8,11,14H,7H2,1-2H3,(H,17,18)(H,19,20). The van der Waals surface area contributed by atoms with E-state index < -0.39 is 23.7 Å². The van der Waals surface area contributed by atoms with Crippen LogP contribution in [0.3, 0.4) is 0 Å². The van der Waals surface area contributed by atoms with Gasteiger partial charge in [-0.1, -0.05) is 25.6 Å². The van der Waals surface area contributed by atoms with Gasteiger partial charge in [-0.05, 0) is 36.6 Å². The summed E-state index contributed by atoms with van der Waals surface area (Å²) in [7, 11) is 0. The topological polar surface area (TPSA) is 66.4 Å². The minimum atomic E-state index is -2.52. The zero-order valence-corrected chi connectivity index (χ0v) is 12.5. The molecular formula is C14H17F2NO3S. The van der Waals surface area contributed by atoms with Gasteiger partial charge in [0, 0.05) is 10.5 Å². The van der Waals surface area contributed by atoms with Gasteiger partial charge in [-0.15, -0.1) is 0 Å². The zero-order valence-electron chi connectivity index (χ0n) is 11.7. The smallest absolute Gasteiger partial charge is 0.326 e. The fourth-order valence-electron chi connectivity index (χ4n) is 1.72. The molecule has 7 heteroatoms. The Morgan fingerprint density at radius 1 is 1.24 bits per heavy atom. The molecule has 116 valence electrons. The summed E-state index contributed by atoms with van der Waals surface area (Å²) < 4.78 is 24.4. The molecule has 0 radical (unpaired) electrons. The van der Waals surface area contributed by atoms with Gasteiger partial charge in [-0.2, -0.15) is 8.78 Å². The summed E-state index contributed by atoms with van der Waals surface area (Å²) in [6.07, 6.45) is 0.320. The predicted octanol–water partition coefficient (Wildman–Crippen LogP) is 3.23. The molecule has 1 rings (SSSR count). The van der Waals surface area contributed by atoms with Crippen molar-refractivity contribution >= 4 is 23.6 Å². The first-order valence-corrected chi connectivity index (χ1v) is 7.26. The quantitative estimate of drug-likeness (QED) is 0.758. The molecule has 0 aliphatic carbocycles. The number of hydrogen-bond acceptors (Lipinski definition) is 3. The van der Waals surface area contributed by atoms with Crippen LogP contribution in [-0.2, 0) is 4.79 Å². The van der Waals surface area contributed by atoms with E-state index in [1.807, 2.05) is 13.8 Å². The number of alkyl halides is 2. The van der Waals surface area contributed by atoms with Crippen molar-refractivity contribution in [2.75, 3.05) is 0 Å². The van der Waals surface area contributed by atoms with Crippen molar-refractivity contribution < 1.29 is 23.5 Å². The lowest BCUT2D eigenvalue weighted by Crippen LogP contribution is -2.41. The number of halogens is 2. The highest BCUT2D eigenvalue weighted by molar-refractivity contribution is 7.99. The van der Waals surface area contributed by atoms with E-state index in [-0.39, 0.29) is 11.5 Å². The summed E-state index contributed by atoms with van der Waals surface area (Å²) in [5, 5.41) is 11.5. The van der Waals surface area contributed by atoms with E-state index in [1.165, 1.54) is 24.3 Å². The lowest BCUT2D eigenvalue weighted by atomic mass is 10.0. The van der Waals surface area contributed by atoms with Crippen LogP contribution in [0, 0.1) is 5.92 Å². The van der Waals surface area contributed by atoms with E-state index in [2.05, 4.69) is 5.32 Å². The van der Waals surface area contributed by atoms with Gasteiger partial charge in [-0.25, -0.2) is 4.79 Å². The highest BCUT2D eigenvalue weighted by Gasteiger charge is 2.21. The van der Waals surface area contributed by atoms with Crippen molar-refractivity contribution in [1.82, 2.24) is 5.32 Å². The van der Waals surface area contributed by atoms with Crippen LogP contribution in [0.4, 0.5) is 8.78 Å². The number of thioether (sulfide) groups is 1. The molecule has 0 aromatic heterocycles. The lowest BCUT2D eigenvalue weighted by Gasteiger charge is -2.16. The maximum absolute atomic E-state index is 12.2. The normalized spacial score (nSPS) is 12.5. The summed E-state index contributed by atoms with van der Waals surface area (Å²) in [6.45, 7) is 3.72. The molecule has 1 amide bonds. The molecule has 0 spiro atoms. The van der Waals surface area contributed by atoms with Gasteiger partial charge < -0.3 is 10.4 Å². The Morgan fingerprint density at radius 3 is 2.24 bits per heavy atom. The maximum Gasteiger partial charge on any atom is 0.326 e. The Labute approximate surface area is 125 Å². The minimum absolute atomic E-state index is 0.121. The largest absolute Gasteiger partial charge is 0.480 e. The number of amides is 1. The molecular weight excluding hydrogens is 300 g/mol. The number of carboxylic acid groups (broad SMARTS) is 1. The molecule has 2 N–H and O–H groups in total.